The predicted molar refractivity (Wildman–Crippen MR) is 68.3 cm³/mol. The van der Waals surface area contributed by atoms with Gasteiger partial charge in [-0.05, 0) is 6.07 Å². The zero-order valence-corrected chi connectivity index (χ0v) is 9.75. The van der Waals surface area contributed by atoms with Gasteiger partial charge in [-0.15, -0.1) is 0 Å². The van der Waals surface area contributed by atoms with Gasteiger partial charge in [0.1, 0.15) is 0 Å². The van der Waals surface area contributed by atoms with E-state index in [9.17, 15) is 4.79 Å². The number of carbonyl (C=O) groups excluding carboxylic acids is 1. The minimum Gasteiger partial charge on any atom is -0.301 e. The quantitative estimate of drug-likeness (QED) is 0.799. The zero-order valence-electron chi connectivity index (χ0n) is 8.93. The van der Waals surface area contributed by atoms with Crippen molar-refractivity contribution in [3.63, 3.8) is 0 Å². The molecule has 86 valence electrons. The van der Waals surface area contributed by atoms with Crippen molar-refractivity contribution in [3.8, 4) is 0 Å². The summed E-state index contributed by atoms with van der Waals surface area (Å²) in [5, 5.41) is 11.2. The van der Waals surface area contributed by atoms with Gasteiger partial charge in [-0.1, -0.05) is 23.9 Å². The van der Waals surface area contributed by atoms with Crippen LogP contribution in [0.2, 0.25) is 0 Å². The van der Waals surface area contributed by atoms with Crippen LogP contribution in [0.4, 0.5) is 0 Å². The molecule has 0 saturated carbocycles. The monoisotopic (exact) mass is 246 g/mol. The molecule has 6 heteroatoms. The van der Waals surface area contributed by atoms with Gasteiger partial charge in [0.15, 0.2) is 5.17 Å². The number of nitrogens with zero attached hydrogens (tertiary/aromatic N) is 2. The largest absolute Gasteiger partial charge is 0.301 e. The second-order valence-corrected chi connectivity index (χ2v) is 4.71. The molecule has 2 N–H and O–H groups in total. The average molecular weight is 246 g/mol. The van der Waals surface area contributed by atoms with Crippen LogP contribution in [0.3, 0.4) is 0 Å². The van der Waals surface area contributed by atoms with Crippen LogP contribution in [0.15, 0.2) is 29.4 Å². The lowest BCUT2D eigenvalue weighted by atomic mass is 10.1. The van der Waals surface area contributed by atoms with Gasteiger partial charge in [-0.3, -0.25) is 14.9 Å². The Balaban J connectivity index is 1.92. The van der Waals surface area contributed by atoms with E-state index in [4.69, 9.17) is 0 Å². The molecule has 0 radical (unpaired) electrons. The first-order valence-corrected chi connectivity index (χ1v) is 6.24. The number of thioether (sulfide) groups is 1. The molecule has 0 unspecified atom stereocenters. The number of nitrogens with one attached hydrogen (secondary N) is 2. The fourth-order valence-corrected chi connectivity index (χ4v) is 2.46. The summed E-state index contributed by atoms with van der Waals surface area (Å²) in [7, 11) is 0. The number of aliphatic imine (C=N–C) groups is 1. The van der Waals surface area contributed by atoms with Gasteiger partial charge < -0.3 is 5.32 Å². The van der Waals surface area contributed by atoms with Gasteiger partial charge in [-0.25, -0.2) is 0 Å². The summed E-state index contributed by atoms with van der Waals surface area (Å²) in [5.74, 6) is 0.789. The van der Waals surface area contributed by atoms with E-state index in [1.54, 1.807) is 24.0 Å². The van der Waals surface area contributed by atoms with Crippen molar-refractivity contribution in [2.45, 2.75) is 0 Å². The molecule has 0 bridgehead atoms. The van der Waals surface area contributed by atoms with Crippen LogP contribution in [0.1, 0.15) is 10.4 Å². The number of para-hydroxylation sites is 1. The lowest BCUT2D eigenvalue weighted by Crippen LogP contribution is -2.27. The number of fused-ring (bicyclic) bond motifs is 1. The second kappa shape index (κ2) is 4.21. The molecule has 0 saturated heterocycles. The van der Waals surface area contributed by atoms with Gasteiger partial charge in [0, 0.05) is 11.1 Å². The molecular formula is C11H10N4OS. The molecule has 0 spiro atoms. The third kappa shape index (κ3) is 1.91. The second-order valence-electron chi connectivity index (χ2n) is 3.63. The van der Waals surface area contributed by atoms with Crippen molar-refractivity contribution >= 4 is 33.7 Å². The smallest absolute Gasteiger partial charge is 0.259 e. The molecule has 1 amide bonds. The maximum Gasteiger partial charge on any atom is 0.259 e. The van der Waals surface area contributed by atoms with Crippen LogP contribution in [-0.2, 0) is 0 Å². The van der Waals surface area contributed by atoms with Crippen LogP contribution in [-0.4, -0.2) is 33.6 Å². The highest BCUT2D eigenvalue weighted by molar-refractivity contribution is 8.14. The Morgan fingerprint density at radius 2 is 2.41 bits per heavy atom. The van der Waals surface area contributed by atoms with Crippen molar-refractivity contribution in [2.75, 3.05) is 12.3 Å². The van der Waals surface area contributed by atoms with Crippen LogP contribution in [0.25, 0.3) is 10.9 Å². The Kier molecular flexibility index (Phi) is 2.56. The van der Waals surface area contributed by atoms with Crippen LogP contribution >= 0.6 is 11.8 Å². The Labute approximate surface area is 102 Å². The first-order chi connectivity index (χ1) is 8.34. The molecule has 2 heterocycles. The standard InChI is InChI=1S/C11H10N4OS/c16-10(14-11-12-4-5-17-11)8-3-1-2-7-6-13-15-9(7)8/h1-3,6H,4-5H2,(H,13,15)(H,12,14,16). The van der Waals surface area contributed by atoms with Crippen LogP contribution in [0.5, 0.6) is 0 Å². The first-order valence-electron chi connectivity index (χ1n) is 5.25. The highest BCUT2D eigenvalue weighted by Gasteiger charge is 2.15. The van der Waals surface area contributed by atoms with Crippen molar-refractivity contribution in [2.24, 2.45) is 4.99 Å². The Morgan fingerprint density at radius 1 is 1.47 bits per heavy atom. The number of aromatic amines is 1. The summed E-state index contributed by atoms with van der Waals surface area (Å²) < 4.78 is 0. The van der Waals surface area contributed by atoms with E-state index in [1.165, 1.54) is 0 Å². The number of carbonyl (C=O) groups is 1. The molecule has 0 atom stereocenters. The van der Waals surface area contributed by atoms with Crippen molar-refractivity contribution in [3.05, 3.63) is 30.0 Å². The van der Waals surface area contributed by atoms with Crippen LogP contribution < -0.4 is 5.32 Å². The van der Waals surface area contributed by atoms with E-state index < -0.39 is 0 Å². The summed E-state index contributed by atoms with van der Waals surface area (Å²) in [6.07, 6.45) is 1.70. The summed E-state index contributed by atoms with van der Waals surface area (Å²) >= 11 is 1.57. The van der Waals surface area contributed by atoms with Crippen molar-refractivity contribution in [1.29, 1.82) is 0 Å². The van der Waals surface area contributed by atoms with Gasteiger partial charge in [0.25, 0.3) is 5.91 Å². The van der Waals surface area contributed by atoms with Gasteiger partial charge in [0.05, 0.1) is 23.8 Å². The van der Waals surface area contributed by atoms with E-state index in [0.29, 0.717) is 10.7 Å². The Morgan fingerprint density at radius 3 is 3.24 bits per heavy atom. The SMILES string of the molecule is O=C(NC1=NCCS1)c1cccc2cn[nH]c12. The molecule has 0 fully saturated rings. The molecule has 17 heavy (non-hydrogen) atoms. The molecule has 1 aromatic heterocycles. The zero-order chi connectivity index (χ0) is 11.7. The number of H-pyrrole nitrogens is 1. The molecule has 1 aliphatic heterocycles. The minimum absolute atomic E-state index is 0.145. The van der Waals surface area contributed by atoms with E-state index in [2.05, 4.69) is 20.5 Å². The van der Waals surface area contributed by atoms with E-state index >= 15 is 0 Å². The molecule has 1 aromatic carbocycles. The van der Waals surface area contributed by atoms with Crippen molar-refractivity contribution in [1.82, 2.24) is 15.5 Å². The molecule has 0 aliphatic carbocycles. The third-order valence-electron chi connectivity index (χ3n) is 2.53. The summed E-state index contributed by atoms with van der Waals surface area (Å²) in [5.41, 5.74) is 1.35. The van der Waals surface area contributed by atoms with Gasteiger partial charge in [-0.2, -0.15) is 5.10 Å². The lowest BCUT2D eigenvalue weighted by Gasteiger charge is -2.04. The van der Waals surface area contributed by atoms with Crippen molar-refractivity contribution < 1.29 is 4.79 Å². The van der Waals surface area contributed by atoms with E-state index in [-0.39, 0.29) is 5.91 Å². The average Bonchev–Trinajstić information content (AvgIpc) is 2.97. The predicted octanol–water partition coefficient (Wildman–Crippen LogP) is 1.40. The molecule has 3 rings (SSSR count). The number of benzene rings is 1. The Hall–Kier alpha value is -1.82. The number of hydrogen-bond donors (Lipinski definition) is 2. The number of hydrogen-bond acceptors (Lipinski definition) is 4. The van der Waals surface area contributed by atoms with E-state index in [1.807, 2.05) is 12.1 Å². The Bertz CT molecular complexity index is 604. The normalized spacial score (nSPS) is 14.9. The molecule has 2 aromatic rings. The highest BCUT2D eigenvalue weighted by atomic mass is 32.2. The lowest BCUT2D eigenvalue weighted by molar-refractivity contribution is 0.0979. The highest BCUT2D eigenvalue weighted by Crippen LogP contribution is 2.16. The first kappa shape index (κ1) is 10.3. The summed E-state index contributed by atoms with van der Waals surface area (Å²) in [6.45, 7) is 0.772. The fraction of sp³-hybridized carbons (Fsp3) is 0.182. The van der Waals surface area contributed by atoms with Gasteiger partial charge in [0.2, 0.25) is 0 Å². The fourth-order valence-electron chi connectivity index (χ4n) is 1.73. The number of amidine groups is 1. The number of aromatic nitrogens is 2. The number of rotatable bonds is 1. The third-order valence-corrected chi connectivity index (χ3v) is 3.42. The topological polar surface area (TPSA) is 70.1 Å². The number of amides is 1. The summed E-state index contributed by atoms with van der Waals surface area (Å²) in [6, 6.07) is 5.53. The summed E-state index contributed by atoms with van der Waals surface area (Å²) in [4.78, 5) is 16.3. The molecule has 1 aliphatic rings. The maximum absolute atomic E-state index is 12.1. The van der Waals surface area contributed by atoms with Gasteiger partial charge >= 0.3 is 0 Å². The maximum atomic E-state index is 12.1. The minimum atomic E-state index is -0.145. The molecular weight excluding hydrogens is 236 g/mol. The van der Waals surface area contributed by atoms with Crippen LogP contribution in [0, 0.1) is 0 Å². The molecule has 5 nitrogen and oxygen atoms in total. The van der Waals surface area contributed by atoms with E-state index in [0.717, 1.165) is 23.2 Å².